The maximum absolute atomic E-state index is 11.6. The first-order valence-electron chi connectivity index (χ1n) is 6.01. The van der Waals surface area contributed by atoms with Gasteiger partial charge in [-0.15, -0.1) is 0 Å². The largest absolute Gasteiger partial charge is 0.479 e. The van der Waals surface area contributed by atoms with Crippen LogP contribution in [0.4, 0.5) is 0 Å². The molecule has 0 aromatic heterocycles. The van der Waals surface area contributed by atoms with Gasteiger partial charge in [-0.1, -0.05) is 18.2 Å². The molecule has 0 bridgehead atoms. The first-order chi connectivity index (χ1) is 9.50. The highest BCUT2D eigenvalue weighted by Crippen LogP contribution is 1.97. The Hall–Kier alpha value is -2.41. The van der Waals surface area contributed by atoms with Crippen molar-refractivity contribution in [2.75, 3.05) is 13.1 Å². The first-order valence-corrected chi connectivity index (χ1v) is 6.01. The predicted octanol–water partition coefficient (Wildman–Crippen LogP) is -0.632. The van der Waals surface area contributed by atoms with Crippen LogP contribution in [0.3, 0.4) is 0 Å². The lowest BCUT2D eigenvalue weighted by atomic mass is 10.2. The van der Waals surface area contributed by atoms with Gasteiger partial charge in [-0.3, -0.25) is 9.59 Å². The van der Waals surface area contributed by atoms with Gasteiger partial charge in [-0.2, -0.15) is 0 Å². The van der Waals surface area contributed by atoms with Crippen LogP contribution >= 0.6 is 0 Å². The Bertz CT molecular complexity index is 475. The van der Waals surface area contributed by atoms with Crippen LogP contribution in [0, 0.1) is 0 Å². The van der Waals surface area contributed by atoms with E-state index in [0.29, 0.717) is 5.56 Å². The van der Waals surface area contributed by atoms with Gasteiger partial charge < -0.3 is 20.8 Å². The number of carbonyl (C=O) groups is 3. The van der Waals surface area contributed by atoms with Crippen molar-refractivity contribution in [3.05, 3.63) is 35.9 Å². The van der Waals surface area contributed by atoms with Gasteiger partial charge in [0, 0.05) is 18.5 Å². The van der Waals surface area contributed by atoms with Gasteiger partial charge in [0.15, 0.2) is 6.10 Å². The number of aliphatic hydroxyl groups is 1. The van der Waals surface area contributed by atoms with E-state index in [0.717, 1.165) is 0 Å². The molecule has 0 aliphatic carbocycles. The Balaban J connectivity index is 2.22. The third kappa shape index (κ3) is 5.49. The molecule has 7 nitrogen and oxygen atoms in total. The third-order valence-electron chi connectivity index (χ3n) is 2.45. The molecule has 20 heavy (non-hydrogen) atoms. The first kappa shape index (κ1) is 15.6. The van der Waals surface area contributed by atoms with Crippen LogP contribution < -0.4 is 10.6 Å². The zero-order chi connectivity index (χ0) is 15.0. The average Bonchev–Trinajstić information content (AvgIpc) is 2.45. The number of rotatable bonds is 7. The zero-order valence-corrected chi connectivity index (χ0v) is 10.7. The molecule has 0 aliphatic heterocycles. The van der Waals surface area contributed by atoms with E-state index in [9.17, 15) is 14.4 Å². The van der Waals surface area contributed by atoms with E-state index in [4.69, 9.17) is 10.2 Å². The Labute approximate surface area is 115 Å². The number of aliphatic hydroxyl groups excluding tert-OH is 1. The lowest BCUT2D eigenvalue weighted by molar-refractivity contribution is -0.146. The van der Waals surface area contributed by atoms with Crippen molar-refractivity contribution in [3.8, 4) is 0 Å². The summed E-state index contributed by atoms with van der Waals surface area (Å²) in [4.78, 5) is 33.3. The van der Waals surface area contributed by atoms with Crippen molar-refractivity contribution in [2.24, 2.45) is 0 Å². The molecule has 0 fully saturated rings. The topological polar surface area (TPSA) is 116 Å². The van der Waals surface area contributed by atoms with E-state index in [-0.39, 0.29) is 25.4 Å². The zero-order valence-electron chi connectivity index (χ0n) is 10.7. The summed E-state index contributed by atoms with van der Waals surface area (Å²) >= 11 is 0. The highest BCUT2D eigenvalue weighted by Gasteiger charge is 2.14. The number of carboxylic acids is 1. The molecule has 0 radical (unpaired) electrons. The SMILES string of the molecule is O=C(CCNC(=O)c1ccccc1)NC[C@H](O)C(=O)O. The number of amides is 2. The monoisotopic (exact) mass is 280 g/mol. The summed E-state index contributed by atoms with van der Waals surface area (Å²) in [5, 5.41) is 22.2. The molecular formula is C13H16N2O5. The second-order valence-electron chi connectivity index (χ2n) is 4.03. The van der Waals surface area contributed by atoms with Gasteiger partial charge in [0.25, 0.3) is 5.91 Å². The quantitative estimate of drug-likeness (QED) is 0.530. The van der Waals surface area contributed by atoms with Crippen molar-refractivity contribution in [1.29, 1.82) is 0 Å². The minimum atomic E-state index is -1.63. The van der Waals surface area contributed by atoms with Crippen LogP contribution in [0.1, 0.15) is 16.8 Å². The summed E-state index contributed by atoms with van der Waals surface area (Å²) in [5.74, 6) is -2.13. The third-order valence-corrected chi connectivity index (χ3v) is 2.45. The van der Waals surface area contributed by atoms with Gasteiger partial charge in [0.1, 0.15) is 0 Å². The van der Waals surface area contributed by atoms with Crippen molar-refractivity contribution < 1.29 is 24.6 Å². The molecule has 1 aromatic carbocycles. The molecule has 0 unspecified atom stereocenters. The number of carbonyl (C=O) groups excluding carboxylic acids is 2. The van der Waals surface area contributed by atoms with Crippen molar-refractivity contribution >= 4 is 17.8 Å². The molecule has 1 aromatic rings. The minimum absolute atomic E-state index is 0.00487. The number of benzene rings is 1. The van der Waals surface area contributed by atoms with Crippen LogP contribution in [0.2, 0.25) is 0 Å². The Morgan fingerprint density at radius 1 is 1.10 bits per heavy atom. The molecule has 0 saturated carbocycles. The molecule has 4 N–H and O–H groups in total. The lowest BCUT2D eigenvalue weighted by Gasteiger charge is -2.08. The number of hydrogen-bond acceptors (Lipinski definition) is 4. The lowest BCUT2D eigenvalue weighted by Crippen LogP contribution is -2.38. The molecule has 0 spiro atoms. The van der Waals surface area contributed by atoms with Crippen LogP contribution in [0.15, 0.2) is 30.3 Å². The van der Waals surface area contributed by atoms with E-state index in [2.05, 4.69) is 10.6 Å². The van der Waals surface area contributed by atoms with Crippen LogP contribution in [0.25, 0.3) is 0 Å². The summed E-state index contributed by atoms with van der Waals surface area (Å²) in [6.07, 6.45) is -1.62. The Kier molecular flexibility index (Phi) is 6.18. The average molecular weight is 280 g/mol. The van der Waals surface area contributed by atoms with E-state index in [1.807, 2.05) is 0 Å². The molecule has 0 saturated heterocycles. The molecule has 1 rings (SSSR count). The van der Waals surface area contributed by atoms with E-state index in [1.54, 1.807) is 30.3 Å². The molecule has 0 heterocycles. The molecule has 2 amide bonds. The van der Waals surface area contributed by atoms with Gasteiger partial charge in [-0.05, 0) is 12.1 Å². The highest BCUT2D eigenvalue weighted by molar-refractivity contribution is 5.94. The van der Waals surface area contributed by atoms with Gasteiger partial charge in [0.2, 0.25) is 5.91 Å². The van der Waals surface area contributed by atoms with Crippen molar-refractivity contribution in [2.45, 2.75) is 12.5 Å². The summed E-state index contributed by atoms with van der Waals surface area (Å²) in [7, 11) is 0. The Morgan fingerprint density at radius 3 is 2.35 bits per heavy atom. The molecule has 108 valence electrons. The predicted molar refractivity (Wildman–Crippen MR) is 70.0 cm³/mol. The number of nitrogens with one attached hydrogen (secondary N) is 2. The van der Waals surface area contributed by atoms with E-state index >= 15 is 0 Å². The highest BCUT2D eigenvalue weighted by atomic mass is 16.4. The molecular weight excluding hydrogens is 264 g/mol. The second-order valence-corrected chi connectivity index (χ2v) is 4.03. The van der Waals surface area contributed by atoms with Gasteiger partial charge >= 0.3 is 5.97 Å². The maximum atomic E-state index is 11.6. The van der Waals surface area contributed by atoms with Crippen molar-refractivity contribution in [3.63, 3.8) is 0 Å². The summed E-state index contributed by atoms with van der Waals surface area (Å²) < 4.78 is 0. The van der Waals surface area contributed by atoms with E-state index < -0.39 is 18.0 Å². The molecule has 0 aliphatic rings. The summed E-state index contributed by atoms with van der Waals surface area (Å²) in [5.41, 5.74) is 0.495. The Morgan fingerprint density at radius 2 is 1.75 bits per heavy atom. The molecule has 1 atom stereocenters. The standard InChI is InChI=1S/C13H16N2O5/c16-10(13(19)20)8-15-11(17)6-7-14-12(18)9-4-2-1-3-5-9/h1-5,10,16H,6-8H2,(H,14,18)(H,15,17)(H,19,20)/t10-/m0/s1. The van der Waals surface area contributed by atoms with Crippen LogP contribution in [-0.2, 0) is 9.59 Å². The number of aliphatic carboxylic acids is 1. The minimum Gasteiger partial charge on any atom is -0.479 e. The number of hydrogen-bond donors (Lipinski definition) is 4. The summed E-state index contributed by atoms with van der Waals surface area (Å²) in [6, 6.07) is 8.55. The maximum Gasteiger partial charge on any atom is 0.334 e. The van der Waals surface area contributed by atoms with Gasteiger partial charge in [-0.25, -0.2) is 4.79 Å². The number of carboxylic acid groups (broad SMARTS) is 1. The molecule has 7 heteroatoms. The smallest absolute Gasteiger partial charge is 0.334 e. The normalized spacial score (nSPS) is 11.4. The fraction of sp³-hybridized carbons (Fsp3) is 0.308. The van der Waals surface area contributed by atoms with Crippen LogP contribution in [0.5, 0.6) is 0 Å². The second kappa shape index (κ2) is 7.90. The van der Waals surface area contributed by atoms with Gasteiger partial charge in [0.05, 0.1) is 6.54 Å². The fourth-order valence-electron chi connectivity index (χ4n) is 1.37. The fourth-order valence-corrected chi connectivity index (χ4v) is 1.37. The van der Waals surface area contributed by atoms with E-state index in [1.165, 1.54) is 0 Å². The van der Waals surface area contributed by atoms with Crippen LogP contribution in [-0.4, -0.2) is 47.2 Å². The summed E-state index contributed by atoms with van der Waals surface area (Å²) in [6.45, 7) is -0.233. The van der Waals surface area contributed by atoms with Crippen molar-refractivity contribution in [1.82, 2.24) is 10.6 Å².